The molecule has 1 amide bonds. The van der Waals surface area contributed by atoms with Crippen LogP contribution in [-0.4, -0.2) is 50.1 Å². The van der Waals surface area contributed by atoms with Gasteiger partial charge in [0.05, 0.1) is 28.9 Å². The van der Waals surface area contributed by atoms with Crippen molar-refractivity contribution < 1.29 is 9.53 Å². The van der Waals surface area contributed by atoms with E-state index in [2.05, 4.69) is 27.2 Å². The molecule has 27 heavy (non-hydrogen) atoms. The summed E-state index contributed by atoms with van der Waals surface area (Å²) in [4.78, 5) is 17.1. The Morgan fingerprint density at radius 3 is 2.19 bits per heavy atom. The van der Waals surface area contributed by atoms with Crippen molar-refractivity contribution in [2.75, 3.05) is 43.5 Å². The molecule has 1 atom stereocenters. The Bertz CT molecular complexity index is 770. The second-order valence-electron chi connectivity index (χ2n) is 6.48. The first-order valence-electron chi connectivity index (χ1n) is 8.87. The van der Waals surface area contributed by atoms with Crippen molar-refractivity contribution in [3.63, 3.8) is 0 Å². The van der Waals surface area contributed by atoms with Gasteiger partial charge in [0.1, 0.15) is 5.75 Å². The van der Waals surface area contributed by atoms with E-state index in [9.17, 15) is 4.79 Å². The summed E-state index contributed by atoms with van der Waals surface area (Å²) in [6, 6.07) is 12.9. The van der Waals surface area contributed by atoms with Gasteiger partial charge in [-0.05, 0) is 43.3 Å². The molecule has 0 aromatic heterocycles. The molecule has 1 saturated heterocycles. The molecule has 1 N–H and O–H groups in total. The van der Waals surface area contributed by atoms with Crippen LogP contribution < -0.4 is 15.0 Å². The maximum absolute atomic E-state index is 12.6. The SMILES string of the molecule is COc1ccc(N2CCN([C@H](C)C(=O)Nc3c(Cl)cccc3Cl)CC2)cc1. The van der Waals surface area contributed by atoms with Gasteiger partial charge in [-0.2, -0.15) is 0 Å². The second-order valence-corrected chi connectivity index (χ2v) is 7.30. The molecule has 144 valence electrons. The van der Waals surface area contributed by atoms with E-state index in [-0.39, 0.29) is 11.9 Å². The van der Waals surface area contributed by atoms with Crippen LogP contribution in [0.1, 0.15) is 6.92 Å². The highest BCUT2D eigenvalue weighted by atomic mass is 35.5. The van der Waals surface area contributed by atoms with E-state index in [4.69, 9.17) is 27.9 Å². The number of anilines is 2. The highest BCUT2D eigenvalue weighted by Crippen LogP contribution is 2.30. The van der Waals surface area contributed by atoms with Crippen LogP contribution in [-0.2, 0) is 4.79 Å². The number of hydrogen-bond acceptors (Lipinski definition) is 4. The van der Waals surface area contributed by atoms with Gasteiger partial charge in [0.2, 0.25) is 5.91 Å². The molecule has 0 unspecified atom stereocenters. The van der Waals surface area contributed by atoms with Crippen molar-refractivity contribution in [3.8, 4) is 5.75 Å². The van der Waals surface area contributed by atoms with Gasteiger partial charge in [-0.3, -0.25) is 9.69 Å². The molecule has 0 spiro atoms. The summed E-state index contributed by atoms with van der Waals surface area (Å²) in [6.45, 7) is 5.23. The lowest BCUT2D eigenvalue weighted by Crippen LogP contribution is -2.52. The van der Waals surface area contributed by atoms with E-state index >= 15 is 0 Å². The predicted octanol–water partition coefficient (Wildman–Crippen LogP) is 4.15. The van der Waals surface area contributed by atoms with Gasteiger partial charge in [-0.25, -0.2) is 0 Å². The summed E-state index contributed by atoms with van der Waals surface area (Å²) >= 11 is 12.3. The Hall–Kier alpha value is -1.95. The molecular weight excluding hydrogens is 385 g/mol. The lowest BCUT2D eigenvalue weighted by Gasteiger charge is -2.38. The zero-order valence-corrected chi connectivity index (χ0v) is 16.9. The fourth-order valence-corrected chi connectivity index (χ4v) is 3.66. The van der Waals surface area contributed by atoms with Crippen LogP contribution in [0.3, 0.4) is 0 Å². The summed E-state index contributed by atoms with van der Waals surface area (Å²) in [7, 11) is 1.66. The molecule has 2 aromatic rings. The molecule has 1 heterocycles. The van der Waals surface area contributed by atoms with Crippen LogP contribution in [0.4, 0.5) is 11.4 Å². The monoisotopic (exact) mass is 407 g/mol. The van der Waals surface area contributed by atoms with E-state index in [1.165, 1.54) is 0 Å². The van der Waals surface area contributed by atoms with E-state index < -0.39 is 0 Å². The average molecular weight is 408 g/mol. The minimum absolute atomic E-state index is 0.108. The molecule has 0 bridgehead atoms. The van der Waals surface area contributed by atoms with Gasteiger partial charge >= 0.3 is 0 Å². The molecule has 7 heteroatoms. The van der Waals surface area contributed by atoms with Crippen molar-refractivity contribution in [2.24, 2.45) is 0 Å². The fourth-order valence-electron chi connectivity index (χ4n) is 3.17. The third-order valence-corrected chi connectivity index (χ3v) is 5.52. The molecule has 0 saturated carbocycles. The van der Waals surface area contributed by atoms with E-state index in [0.717, 1.165) is 37.6 Å². The van der Waals surface area contributed by atoms with Crippen LogP contribution in [0, 0.1) is 0 Å². The molecule has 1 aliphatic rings. The first-order chi connectivity index (χ1) is 13.0. The number of hydrogen-bond donors (Lipinski definition) is 1. The summed E-state index contributed by atoms with van der Waals surface area (Å²) in [5.74, 6) is 0.740. The Kier molecular flexibility index (Phi) is 6.47. The number of nitrogens with one attached hydrogen (secondary N) is 1. The van der Waals surface area contributed by atoms with Crippen molar-refractivity contribution in [2.45, 2.75) is 13.0 Å². The van der Waals surface area contributed by atoms with Crippen molar-refractivity contribution >= 4 is 40.5 Å². The maximum Gasteiger partial charge on any atom is 0.241 e. The number of carbonyl (C=O) groups is 1. The van der Waals surface area contributed by atoms with Crippen LogP contribution in [0.5, 0.6) is 5.75 Å². The normalized spacial score (nSPS) is 16.1. The van der Waals surface area contributed by atoms with Gasteiger partial charge < -0.3 is 15.0 Å². The quantitative estimate of drug-likeness (QED) is 0.808. The largest absolute Gasteiger partial charge is 0.497 e. The fraction of sp³-hybridized carbons (Fsp3) is 0.350. The molecule has 2 aromatic carbocycles. The topological polar surface area (TPSA) is 44.8 Å². The van der Waals surface area contributed by atoms with Crippen molar-refractivity contribution in [1.82, 2.24) is 4.90 Å². The minimum Gasteiger partial charge on any atom is -0.497 e. The number of rotatable bonds is 5. The van der Waals surface area contributed by atoms with Crippen molar-refractivity contribution in [3.05, 3.63) is 52.5 Å². The predicted molar refractivity (Wildman–Crippen MR) is 111 cm³/mol. The minimum atomic E-state index is -0.268. The molecule has 0 aliphatic carbocycles. The Balaban J connectivity index is 1.57. The molecule has 5 nitrogen and oxygen atoms in total. The Labute approximate surface area is 169 Å². The van der Waals surface area contributed by atoms with Gasteiger partial charge in [0.15, 0.2) is 0 Å². The summed E-state index contributed by atoms with van der Waals surface area (Å²) in [6.07, 6.45) is 0. The third-order valence-electron chi connectivity index (χ3n) is 4.89. The molecule has 0 radical (unpaired) electrons. The summed E-state index contributed by atoms with van der Waals surface area (Å²) < 4.78 is 5.21. The van der Waals surface area contributed by atoms with Crippen LogP contribution >= 0.6 is 23.2 Å². The maximum atomic E-state index is 12.6. The molecular formula is C20H23Cl2N3O2. The van der Waals surface area contributed by atoms with Crippen LogP contribution in [0.15, 0.2) is 42.5 Å². The van der Waals surface area contributed by atoms with Crippen molar-refractivity contribution in [1.29, 1.82) is 0 Å². The Morgan fingerprint density at radius 1 is 1.04 bits per heavy atom. The molecule has 1 aliphatic heterocycles. The molecule has 3 rings (SSSR count). The first-order valence-corrected chi connectivity index (χ1v) is 9.63. The number of halogens is 2. The number of piperazine rings is 1. The number of benzene rings is 2. The second kappa shape index (κ2) is 8.83. The van der Waals surface area contributed by atoms with Gasteiger partial charge in [0.25, 0.3) is 0 Å². The average Bonchev–Trinajstić information content (AvgIpc) is 2.70. The number of para-hydroxylation sites is 1. The highest BCUT2D eigenvalue weighted by Gasteiger charge is 2.26. The summed E-state index contributed by atoms with van der Waals surface area (Å²) in [5.41, 5.74) is 1.63. The number of carbonyl (C=O) groups excluding carboxylic acids is 1. The van der Waals surface area contributed by atoms with Gasteiger partial charge in [-0.1, -0.05) is 29.3 Å². The zero-order valence-electron chi connectivity index (χ0n) is 15.4. The first kappa shape index (κ1) is 19.8. The standard InChI is InChI=1S/C20H23Cl2N3O2/c1-14(20(26)23-19-17(21)4-3-5-18(19)22)24-10-12-25(13-11-24)15-6-8-16(27-2)9-7-15/h3-9,14H,10-13H2,1-2H3,(H,23,26)/t14-/m1/s1. The third kappa shape index (κ3) is 4.67. The van der Waals surface area contributed by atoms with Crippen LogP contribution in [0.25, 0.3) is 0 Å². The van der Waals surface area contributed by atoms with E-state index in [1.807, 2.05) is 19.1 Å². The number of methoxy groups -OCH3 is 1. The number of nitrogens with zero attached hydrogens (tertiary/aromatic N) is 2. The van der Waals surface area contributed by atoms with Gasteiger partial charge in [0, 0.05) is 31.9 Å². The van der Waals surface area contributed by atoms with E-state index in [1.54, 1.807) is 25.3 Å². The van der Waals surface area contributed by atoms with Crippen LogP contribution in [0.2, 0.25) is 10.0 Å². The molecule has 1 fully saturated rings. The Morgan fingerprint density at radius 2 is 1.63 bits per heavy atom. The van der Waals surface area contributed by atoms with Gasteiger partial charge in [-0.15, -0.1) is 0 Å². The lowest BCUT2D eigenvalue weighted by atomic mass is 10.2. The summed E-state index contributed by atoms with van der Waals surface area (Å²) in [5, 5.41) is 3.73. The van der Waals surface area contributed by atoms with E-state index in [0.29, 0.717) is 15.7 Å². The highest BCUT2D eigenvalue weighted by molar-refractivity contribution is 6.39. The number of amides is 1. The number of ether oxygens (including phenoxy) is 1. The zero-order chi connectivity index (χ0) is 19.4. The lowest BCUT2D eigenvalue weighted by molar-refractivity contribution is -0.120. The smallest absolute Gasteiger partial charge is 0.241 e.